The van der Waals surface area contributed by atoms with E-state index in [0.29, 0.717) is 54.4 Å². The van der Waals surface area contributed by atoms with Crippen LogP contribution in [0.15, 0.2) is 62.9 Å². The van der Waals surface area contributed by atoms with Crippen molar-refractivity contribution in [2.24, 2.45) is 0 Å². The van der Waals surface area contributed by atoms with Crippen LogP contribution in [0.25, 0.3) is 16.7 Å². The quantitative estimate of drug-likeness (QED) is 0.335. The zero-order valence-electron chi connectivity index (χ0n) is 17.5. The molecule has 1 saturated heterocycles. The van der Waals surface area contributed by atoms with E-state index in [1.165, 1.54) is 30.0 Å². The first-order valence-electron chi connectivity index (χ1n) is 10.3. The van der Waals surface area contributed by atoms with Crippen molar-refractivity contribution in [2.45, 2.75) is 17.8 Å². The number of hydrogen-bond donors (Lipinski definition) is 0. The number of thioether (sulfide) groups is 1. The molecule has 0 bridgehead atoms. The van der Waals surface area contributed by atoms with Gasteiger partial charge in [0.25, 0.3) is 0 Å². The lowest BCUT2D eigenvalue weighted by Gasteiger charge is -2.27. The van der Waals surface area contributed by atoms with Crippen LogP contribution in [-0.4, -0.2) is 41.1 Å². The Balaban J connectivity index is 1.52. The van der Waals surface area contributed by atoms with Crippen molar-refractivity contribution in [3.8, 4) is 5.69 Å². The molecule has 32 heavy (non-hydrogen) atoms. The molecule has 0 spiro atoms. The van der Waals surface area contributed by atoms with E-state index in [9.17, 15) is 9.18 Å². The van der Waals surface area contributed by atoms with E-state index in [1.54, 1.807) is 6.07 Å². The highest BCUT2D eigenvalue weighted by Gasteiger charge is 2.22. The third-order valence-electron chi connectivity index (χ3n) is 5.32. The molecule has 7 nitrogen and oxygen atoms in total. The Morgan fingerprint density at radius 3 is 2.75 bits per heavy atom. The Labute approximate surface area is 187 Å². The van der Waals surface area contributed by atoms with Crippen molar-refractivity contribution >= 4 is 28.7 Å². The summed E-state index contributed by atoms with van der Waals surface area (Å²) in [5.74, 6) is 0.804. The Morgan fingerprint density at radius 2 is 1.94 bits per heavy atom. The standard InChI is InChI=1S/C23H21FN4O3S/c1-15-5-6-19-16(12-21(29)31-20(19)11-15)14-32-23-26-25-22(27-7-9-30-10-8-27)28(23)18-4-2-3-17(24)13-18/h2-6,11-13H,7-10,14H2,1H3. The Kier molecular flexibility index (Phi) is 5.67. The van der Waals surface area contributed by atoms with Gasteiger partial charge in [-0.15, -0.1) is 10.2 Å². The third kappa shape index (κ3) is 4.13. The second-order valence-electron chi connectivity index (χ2n) is 7.58. The van der Waals surface area contributed by atoms with Gasteiger partial charge in [-0.05, 0) is 42.3 Å². The number of nitrogens with zero attached hydrogens (tertiary/aromatic N) is 4. The van der Waals surface area contributed by atoms with Gasteiger partial charge in [-0.25, -0.2) is 9.18 Å². The molecule has 0 radical (unpaired) electrons. The molecule has 5 rings (SSSR count). The zero-order chi connectivity index (χ0) is 22.1. The van der Waals surface area contributed by atoms with Crippen molar-refractivity contribution in [3.63, 3.8) is 0 Å². The summed E-state index contributed by atoms with van der Waals surface area (Å²) in [6, 6.07) is 13.7. The highest BCUT2D eigenvalue weighted by atomic mass is 32.2. The van der Waals surface area contributed by atoms with Crippen LogP contribution in [0, 0.1) is 12.7 Å². The summed E-state index contributed by atoms with van der Waals surface area (Å²) in [6.07, 6.45) is 0. The number of benzene rings is 2. The van der Waals surface area contributed by atoms with Gasteiger partial charge in [-0.2, -0.15) is 0 Å². The predicted octanol–water partition coefficient (Wildman–Crippen LogP) is 3.95. The molecule has 0 N–H and O–H groups in total. The zero-order valence-corrected chi connectivity index (χ0v) is 18.3. The van der Waals surface area contributed by atoms with Crippen molar-refractivity contribution in [1.29, 1.82) is 0 Å². The Morgan fingerprint density at radius 1 is 1.09 bits per heavy atom. The maximum absolute atomic E-state index is 14.0. The Hall–Kier alpha value is -3.17. The van der Waals surface area contributed by atoms with Gasteiger partial charge in [0, 0.05) is 30.3 Å². The van der Waals surface area contributed by atoms with Crippen molar-refractivity contribution in [2.75, 3.05) is 31.2 Å². The van der Waals surface area contributed by atoms with Gasteiger partial charge in [0.05, 0.1) is 18.9 Å². The molecule has 9 heteroatoms. The van der Waals surface area contributed by atoms with E-state index in [1.807, 2.05) is 35.8 Å². The smallest absolute Gasteiger partial charge is 0.336 e. The van der Waals surface area contributed by atoms with E-state index in [4.69, 9.17) is 9.15 Å². The summed E-state index contributed by atoms with van der Waals surface area (Å²) >= 11 is 1.44. The van der Waals surface area contributed by atoms with Gasteiger partial charge in [0.2, 0.25) is 5.95 Å². The topological polar surface area (TPSA) is 73.4 Å². The van der Waals surface area contributed by atoms with Crippen LogP contribution in [0.5, 0.6) is 0 Å². The minimum atomic E-state index is -0.390. The van der Waals surface area contributed by atoms with E-state index in [2.05, 4.69) is 15.1 Å². The van der Waals surface area contributed by atoms with E-state index in [-0.39, 0.29) is 11.4 Å². The first-order valence-corrected chi connectivity index (χ1v) is 11.3. The van der Waals surface area contributed by atoms with Gasteiger partial charge in [0.15, 0.2) is 5.16 Å². The number of hydrogen-bond acceptors (Lipinski definition) is 7. The van der Waals surface area contributed by atoms with Crippen LogP contribution in [0.1, 0.15) is 11.1 Å². The van der Waals surface area contributed by atoms with Gasteiger partial charge < -0.3 is 14.1 Å². The molecule has 1 aliphatic heterocycles. The highest BCUT2D eigenvalue weighted by molar-refractivity contribution is 7.98. The van der Waals surface area contributed by atoms with Crippen LogP contribution in [-0.2, 0) is 10.5 Å². The molecule has 3 heterocycles. The number of morpholine rings is 1. The lowest BCUT2D eigenvalue weighted by atomic mass is 10.1. The largest absolute Gasteiger partial charge is 0.423 e. The predicted molar refractivity (Wildman–Crippen MR) is 121 cm³/mol. The van der Waals surface area contributed by atoms with E-state index in [0.717, 1.165) is 16.5 Å². The molecular formula is C23H21FN4O3S. The highest BCUT2D eigenvalue weighted by Crippen LogP contribution is 2.31. The normalized spacial score (nSPS) is 14.2. The van der Waals surface area contributed by atoms with Crippen molar-refractivity contribution < 1.29 is 13.5 Å². The summed E-state index contributed by atoms with van der Waals surface area (Å²) in [5.41, 5.74) is 2.69. The number of ether oxygens (including phenoxy) is 1. The molecule has 0 unspecified atom stereocenters. The number of aryl methyl sites for hydroxylation is 1. The molecule has 164 valence electrons. The van der Waals surface area contributed by atoms with Crippen LogP contribution in [0.4, 0.5) is 10.3 Å². The van der Waals surface area contributed by atoms with Crippen molar-refractivity contribution in [1.82, 2.24) is 14.8 Å². The number of anilines is 1. The summed E-state index contributed by atoms with van der Waals surface area (Å²) in [5, 5.41) is 10.3. The Bertz CT molecular complexity index is 1330. The number of rotatable bonds is 5. The van der Waals surface area contributed by atoms with Crippen LogP contribution >= 0.6 is 11.8 Å². The molecule has 0 saturated carbocycles. The average Bonchev–Trinajstić information content (AvgIpc) is 3.21. The molecule has 0 amide bonds. The summed E-state index contributed by atoms with van der Waals surface area (Å²) in [4.78, 5) is 14.2. The van der Waals surface area contributed by atoms with Crippen molar-refractivity contribution in [3.05, 3.63) is 75.9 Å². The summed E-state index contributed by atoms with van der Waals surface area (Å²) in [7, 11) is 0. The lowest BCUT2D eigenvalue weighted by Crippen LogP contribution is -2.37. The van der Waals surface area contributed by atoms with Crippen LogP contribution in [0.2, 0.25) is 0 Å². The summed E-state index contributed by atoms with van der Waals surface area (Å²) < 4.78 is 26.7. The first-order chi connectivity index (χ1) is 15.6. The minimum absolute atomic E-state index is 0.331. The van der Waals surface area contributed by atoms with Crippen LogP contribution in [0.3, 0.4) is 0 Å². The molecule has 2 aromatic carbocycles. The van der Waals surface area contributed by atoms with Crippen LogP contribution < -0.4 is 10.5 Å². The molecule has 0 aliphatic carbocycles. The maximum Gasteiger partial charge on any atom is 0.336 e. The second-order valence-corrected chi connectivity index (χ2v) is 8.52. The monoisotopic (exact) mass is 452 g/mol. The van der Waals surface area contributed by atoms with Gasteiger partial charge in [0.1, 0.15) is 11.4 Å². The van der Waals surface area contributed by atoms with E-state index >= 15 is 0 Å². The first kappa shape index (κ1) is 20.7. The SMILES string of the molecule is Cc1ccc2c(CSc3nnc(N4CCOCC4)n3-c3cccc(F)c3)cc(=O)oc2c1. The average molecular weight is 453 g/mol. The lowest BCUT2D eigenvalue weighted by molar-refractivity contribution is 0.122. The van der Waals surface area contributed by atoms with Gasteiger partial charge >= 0.3 is 5.63 Å². The second kappa shape index (κ2) is 8.76. The fourth-order valence-corrected chi connectivity index (χ4v) is 4.70. The molecule has 4 aromatic rings. The molecule has 0 atom stereocenters. The number of aromatic nitrogens is 3. The molecule has 2 aromatic heterocycles. The molecular weight excluding hydrogens is 431 g/mol. The van der Waals surface area contributed by atoms with Gasteiger partial charge in [-0.3, -0.25) is 4.57 Å². The van der Waals surface area contributed by atoms with Gasteiger partial charge in [-0.1, -0.05) is 30.0 Å². The molecule has 1 fully saturated rings. The maximum atomic E-state index is 14.0. The minimum Gasteiger partial charge on any atom is -0.423 e. The van der Waals surface area contributed by atoms with E-state index < -0.39 is 0 Å². The fraction of sp³-hybridized carbons (Fsp3) is 0.261. The third-order valence-corrected chi connectivity index (χ3v) is 6.30. The number of halogens is 1. The summed E-state index contributed by atoms with van der Waals surface area (Å²) in [6.45, 7) is 4.52. The number of fused-ring (bicyclic) bond motifs is 1. The molecule has 1 aliphatic rings. The fourth-order valence-electron chi connectivity index (χ4n) is 3.76.